The first-order chi connectivity index (χ1) is 9.58. The highest BCUT2D eigenvalue weighted by Crippen LogP contribution is 2.26. The van der Waals surface area contributed by atoms with Crippen LogP contribution in [0.4, 0.5) is 0 Å². The lowest BCUT2D eigenvalue weighted by Gasteiger charge is -2.08. The second-order valence-electron chi connectivity index (χ2n) is 4.34. The van der Waals surface area contributed by atoms with Crippen LogP contribution >= 0.6 is 0 Å². The van der Waals surface area contributed by atoms with Crippen molar-refractivity contribution in [1.29, 1.82) is 0 Å². The van der Waals surface area contributed by atoms with E-state index in [4.69, 9.17) is 4.74 Å². The number of hydrogen-bond donors (Lipinski definition) is 2. The minimum Gasteiger partial charge on any atom is -0.508 e. The van der Waals surface area contributed by atoms with Crippen molar-refractivity contribution in [2.24, 2.45) is 0 Å². The number of benzene rings is 1. The molecular formula is C15H16N2O3. The first kappa shape index (κ1) is 13.9. The number of nitrogens with zero attached hydrogens (tertiary/aromatic N) is 1. The van der Waals surface area contributed by atoms with Gasteiger partial charge in [0.25, 0.3) is 5.91 Å². The van der Waals surface area contributed by atoms with E-state index in [1.54, 1.807) is 24.3 Å². The number of ether oxygens (including phenoxy) is 1. The summed E-state index contributed by atoms with van der Waals surface area (Å²) in [4.78, 5) is 15.7. The van der Waals surface area contributed by atoms with Crippen LogP contribution in [0.5, 0.6) is 17.2 Å². The molecule has 2 rings (SSSR count). The van der Waals surface area contributed by atoms with Crippen molar-refractivity contribution in [3.05, 3.63) is 47.8 Å². The fraction of sp³-hybridized carbons (Fsp3) is 0.200. The van der Waals surface area contributed by atoms with Crippen LogP contribution in [-0.4, -0.2) is 22.5 Å². The Morgan fingerprint density at radius 1 is 1.30 bits per heavy atom. The van der Waals surface area contributed by atoms with Crippen molar-refractivity contribution in [2.75, 3.05) is 6.54 Å². The van der Waals surface area contributed by atoms with Crippen LogP contribution in [0.15, 0.2) is 36.5 Å². The smallest absolute Gasteiger partial charge is 0.270 e. The van der Waals surface area contributed by atoms with E-state index in [1.165, 1.54) is 12.3 Å². The number of aryl methyl sites for hydroxylation is 1. The van der Waals surface area contributed by atoms with Crippen LogP contribution in [-0.2, 0) is 0 Å². The number of aromatic nitrogens is 1. The molecule has 0 atom stereocenters. The molecule has 0 unspecified atom stereocenters. The number of nitrogens with one attached hydrogen (secondary N) is 1. The van der Waals surface area contributed by atoms with Gasteiger partial charge in [0.1, 0.15) is 22.9 Å². The highest BCUT2D eigenvalue weighted by molar-refractivity contribution is 5.92. The van der Waals surface area contributed by atoms with E-state index in [-0.39, 0.29) is 11.7 Å². The van der Waals surface area contributed by atoms with Gasteiger partial charge >= 0.3 is 0 Å². The fourth-order valence-electron chi connectivity index (χ4n) is 1.77. The average molecular weight is 272 g/mol. The Morgan fingerprint density at radius 2 is 2.10 bits per heavy atom. The zero-order valence-electron chi connectivity index (χ0n) is 11.4. The quantitative estimate of drug-likeness (QED) is 0.897. The molecule has 20 heavy (non-hydrogen) atoms. The lowest BCUT2D eigenvalue weighted by Crippen LogP contribution is -2.23. The Balaban J connectivity index is 2.21. The van der Waals surface area contributed by atoms with E-state index in [0.717, 1.165) is 5.56 Å². The SMILES string of the molecule is CCNC(=O)c1cc(Oc2cc(C)cc(O)c2)ccn1. The molecule has 104 valence electrons. The Hall–Kier alpha value is -2.56. The van der Waals surface area contributed by atoms with Gasteiger partial charge in [0.15, 0.2) is 0 Å². The molecule has 0 fully saturated rings. The van der Waals surface area contributed by atoms with Crippen LogP contribution in [0.2, 0.25) is 0 Å². The van der Waals surface area contributed by atoms with Crippen molar-refractivity contribution in [3.8, 4) is 17.2 Å². The lowest BCUT2D eigenvalue weighted by molar-refractivity contribution is 0.0950. The molecule has 0 aliphatic carbocycles. The molecule has 1 heterocycles. The molecule has 0 aliphatic heterocycles. The topological polar surface area (TPSA) is 71.5 Å². The van der Waals surface area contributed by atoms with Crippen LogP contribution in [0.1, 0.15) is 23.0 Å². The number of phenols is 1. The number of carbonyl (C=O) groups is 1. The summed E-state index contributed by atoms with van der Waals surface area (Å²) >= 11 is 0. The first-order valence-corrected chi connectivity index (χ1v) is 6.31. The maximum Gasteiger partial charge on any atom is 0.270 e. The fourth-order valence-corrected chi connectivity index (χ4v) is 1.77. The van der Waals surface area contributed by atoms with Crippen LogP contribution < -0.4 is 10.1 Å². The second kappa shape index (κ2) is 6.06. The molecule has 0 spiro atoms. The number of rotatable bonds is 4. The zero-order valence-corrected chi connectivity index (χ0v) is 11.4. The molecular weight excluding hydrogens is 256 g/mol. The molecule has 1 aromatic carbocycles. The van der Waals surface area contributed by atoms with E-state index in [0.29, 0.717) is 23.7 Å². The van der Waals surface area contributed by atoms with Gasteiger partial charge in [-0.1, -0.05) is 0 Å². The van der Waals surface area contributed by atoms with E-state index in [9.17, 15) is 9.90 Å². The standard InChI is InChI=1S/C15H16N2O3/c1-3-16-15(19)14-9-12(4-5-17-14)20-13-7-10(2)6-11(18)8-13/h4-9,18H,3H2,1-2H3,(H,16,19). The third-order valence-electron chi connectivity index (χ3n) is 2.57. The molecule has 5 nitrogen and oxygen atoms in total. The van der Waals surface area contributed by atoms with E-state index in [2.05, 4.69) is 10.3 Å². The maximum atomic E-state index is 11.7. The summed E-state index contributed by atoms with van der Waals surface area (Å²) in [5, 5.41) is 12.2. The number of amides is 1. The minimum absolute atomic E-state index is 0.137. The summed E-state index contributed by atoms with van der Waals surface area (Å²) in [5.74, 6) is 0.893. The summed E-state index contributed by atoms with van der Waals surface area (Å²) in [6.07, 6.45) is 1.51. The highest BCUT2D eigenvalue weighted by atomic mass is 16.5. The molecule has 0 bridgehead atoms. The molecule has 1 aromatic heterocycles. The third-order valence-corrected chi connectivity index (χ3v) is 2.57. The lowest BCUT2D eigenvalue weighted by atomic mass is 10.2. The molecule has 1 amide bonds. The van der Waals surface area contributed by atoms with E-state index in [1.807, 2.05) is 13.8 Å². The molecule has 2 N–H and O–H groups in total. The average Bonchev–Trinajstić information content (AvgIpc) is 2.38. The summed E-state index contributed by atoms with van der Waals surface area (Å²) < 4.78 is 5.63. The largest absolute Gasteiger partial charge is 0.508 e. The predicted molar refractivity (Wildman–Crippen MR) is 75.2 cm³/mol. The van der Waals surface area contributed by atoms with Gasteiger partial charge in [-0.2, -0.15) is 0 Å². The summed E-state index contributed by atoms with van der Waals surface area (Å²) in [6.45, 7) is 4.24. The van der Waals surface area contributed by atoms with Crippen molar-refractivity contribution in [3.63, 3.8) is 0 Å². The second-order valence-corrected chi connectivity index (χ2v) is 4.34. The molecule has 0 aliphatic rings. The van der Waals surface area contributed by atoms with Gasteiger partial charge in [-0.25, -0.2) is 0 Å². The molecule has 5 heteroatoms. The van der Waals surface area contributed by atoms with Gasteiger partial charge in [0.2, 0.25) is 0 Å². The number of hydrogen-bond acceptors (Lipinski definition) is 4. The van der Waals surface area contributed by atoms with Gasteiger partial charge in [-0.15, -0.1) is 0 Å². The van der Waals surface area contributed by atoms with Crippen molar-refractivity contribution >= 4 is 5.91 Å². The number of phenolic OH excluding ortho intramolecular Hbond substituents is 1. The van der Waals surface area contributed by atoms with Crippen molar-refractivity contribution in [2.45, 2.75) is 13.8 Å². The van der Waals surface area contributed by atoms with Crippen molar-refractivity contribution in [1.82, 2.24) is 10.3 Å². The summed E-state index contributed by atoms with van der Waals surface area (Å²) in [7, 11) is 0. The van der Waals surface area contributed by atoms with Crippen LogP contribution in [0.3, 0.4) is 0 Å². The van der Waals surface area contributed by atoms with Crippen LogP contribution in [0.25, 0.3) is 0 Å². The Morgan fingerprint density at radius 3 is 2.80 bits per heavy atom. The number of aromatic hydroxyl groups is 1. The molecule has 0 saturated heterocycles. The predicted octanol–water partition coefficient (Wildman–Crippen LogP) is 2.64. The Kier molecular flexibility index (Phi) is 4.20. The zero-order chi connectivity index (χ0) is 14.5. The number of carbonyl (C=O) groups excluding carboxylic acids is 1. The Labute approximate surface area is 117 Å². The van der Waals surface area contributed by atoms with Crippen molar-refractivity contribution < 1.29 is 14.6 Å². The monoisotopic (exact) mass is 272 g/mol. The van der Waals surface area contributed by atoms with Gasteiger partial charge in [-0.05, 0) is 37.6 Å². The van der Waals surface area contributed by atoms with Gasteiger partial charge in [0.05, 0.1) is 0 Å². The Bertz CT molecular complexity index is 606. The molecule has 2 aromatic rings. The molecule has 0 saturated carbocycles. The van der Waals surface area contributed by atoms with E-state index >= 15 is 0 Å². The van der Waals surface area contributed by atoms with Gasteiger partial charge in [-0.3, -0.25) is 9.78 Å². The normalized spacial score (nSPS) is 10.1. The summed E-state index contributed by atoms with van der Waals surface area (Å²) in [6, 6.07) is 8.16. The van der Waals surface area contributed by atoms with Crippen LogP contribution in [0, 0.1) is 6.92 Å². The first-order valence-electron chi connectivity index (χ1n) is 6.31. The van der Waals surface area contributed by atoms with Gasteiger partial charge in [0, 0.05) is 24.9 Å². The highest BCUT2D eigenvalue weighted by Gasteiger charge is 2.08. The minimum atomic E-state index is -0.245. The molecule has 0 radical (unpaired) electrons. The van der Waals surface area contributed by atoms with Gasteiger partial charge < -0.3 is 15.2 Å². The maximum absolute atomic E-state index is 11.7. The third kappa shape index (κ3) is 3.47. The van der Waals surface area contributed by atoms with E-state index < -0.39 is 0 Å². The summed E-state index contributed by atoms with van der Waals surface area (Å²) in [5.41, 5.74) is 1.18. The number of pyridine rings is 1.